The number of ether oxygens (including phenoxy) is 1. The second-order valence-electron chi connectivity index (χ2n) is 1.72. The molecule has 0 saturated carbocycles. The third-order valence-corrected chi connectivity index (χ3v) is 1.80. The molecule has 0 aliphatic heterocycles. The molecule has 0 aliphatic rings. The number of hydrogen-bond donors (Lipinski definition) is 1. The maximum Gasteiger partial charge on any atom is 1.00 e. The van der Waals surface area contributed by atoms with Crippen molar-refractivity contribution in [3.8, 4) is 0 Å². The van der Waals surface area contributed by atoms with E-state index in [4.69, 9.17) is 4.55 Å². The average molecular weight is 203 g/mol. The topological polar surface area (TPSA) is 80.7 Å². The molecule has 0 radical (unpaired) electrons. The van der Waals surface area contributed by atoms with Crippen LogP contribution in [-0.4, -0.2) is 24.4 Å². The molecule has 0 rings (SSSR count). The van der Waals surface area contributed by atoms with Crippen LogP contribution in [0.4, 0.5) is 0 Å². The molecule has 64 valence electrons. The van der Waals surface area contributed by atoms with Crippen LogP contribution in [0.25, 0.3) is 0 Å². The quantitative estimate of drug-likeness (QED) is 0.228. The Hall–Kier alpha value is 0.120. The van der Waals surface area contributed by atoms with Crippen LogP contribution in [0, 0.1) is 0 Å². The molecule has 7 heteroatoms. The number of carbonyl (C=O) groups is 1. The summed E-state index contributed by atoms with van der Waals surface area (Å²) in [4.78, 5) is 10.4. The summed E-state index contributed by atoms with van der Waals surface area (Å²) >= 11 is 0. The maximum absolute atomic E-state index is 10.4. The fourth-order valence-electron chi connectivity index (χ4n) is 0.272. The molecule has 0 saturated heterocycles. The first kappa shape index (κ1) is 14.6. The minimum Gasteiger partial charge on any atom is -0.440 e. The zero-order chi connectivity index (χ0) is 9.07. The predicted octanol–water partition coefficient (Wildman–Crippen LogP) is -3.05. The van der Waals surface area contributed by atoms with Crippen LogP contribution in [-0.2, 0) is 19.6 Å². The molecule has 1 N–H and O–H groups in total. The SMILES string of the molecule is C=CC(=O)OC(C)S(=O)(=O)O.[Na+]. The summed E-state index contributed by atoms with van der Waals surface area (Å²) in [7, 11) is -4.30. The van der Waals surface area contributed by atoms with Crippen LogP contribution < -0.4 is 29.6 Å². The molecule has 0 aromatic rings. The Kier molecular flexibility index (Phi) is 6.97. The average Bonchev–Trinajstić information content (AvgIpc) is 1.85. The number of rotatable bonds is 3. The minimum atomic E-state index is -4.30. The van der Waals surface area contributed by atoms with Gasteiger partial charge in [0.2, 0.25) is 5.44 Å². The molecule has 0 heterocycles. The number of hydrogen-bond acceptors (Lipinski definition) is 4. The Balaban J connectivity index is 0. The summed E-state index contributed by atoms with van der Waals surface area (Å²) in [5, 5.41) is 0. The zero-order valence-corrected chi connectivity index (χ0v) is 9.67. The Labute approximate surface area is 92.8 Å². The van der Waals surface area contributed by atoms with E-state index >= 15 is 0 Å². The number of esters is 1. The standard InChI is InChI=1S/C5H8O5S.Na/c1-3-5(6)10-4(2)11(7,8)9;/h3-4H,1H2,2H3,(H,7,8,9);/q;+1. The number of carbonyl (C=O) groups excluding carboxylic acids is 1. The minimum absolute atomic E-state index is 0. The maximum atomic E-state index is 10.4. The van der Waals surface area contributed by atoms with E-state index in [1.165, 1.54) is 0 Å². The first-order valence-corrected chi connectivity index (χ1v) is 4.17. The molecule has 0 amide bonds. The van der Waals surface area contributed by atoms with Crippen molar-refractivity contribution < 1.29 is 52.1 Å². The van der Waals surface area contributed by atoms with E-state index in [2.05, 4.69) is 11.3 Å². The molecule has 0 aromatic carbocycles. The Morgan fingerprint density at radius 2 is 2.08 bits per heavy atom. The molecular weight excluding hydrogens is 195 g/mol. The van der Waals surface area contributed by atoms with Gasteiger partial charge < -0.3 is 4.74 Å². The third-order valence-electron chi connectivity index (χ3n) is 0.868. The van der Waals surface area contributed by atoms with E-state index in [0.717, 1.165) is 13.0 Å². The molecule has 12 heavy (non-hydrogen) atoms. The van der Waals surface area contributed by atoms with E-state index in [1.807, 2.05) is 0 Å². The van der Waals surface area contributed by atoms with Crippen molar-refractivity contribution in [2.75, 3.05) is 0 Å². The normalized spacial score (nSPS) is 12.5. The van der Waals surface area contributed by atoms with Gasteiger partial charge in [0, 0.05) is 6.08 Å². The molecule has 0 bridgehead atoms. The molecule has 5 nitrogen and oxygen atoms in total. The van der Waals surface area contributed by atoms with E-state index in [-0.39, 0.29) is 29.6 Å². The molecule has 0 aliphatic carbocycles. The Morgan fingerprint density at radius 3 is 2.33 bits per heavy atom. The van der Waals surface area contributed by atoms with Gasteiger partial charge in [-0.15, -0.1) is 0 Å². The van der Waals surface area contributed by atoms with Gasteiger partial charge in [0.15, 0.2) is 0 Å². The van der Waals surface area contributed by atoms with E-state index < -0.39 is 21.5 Å². The van der Waals surface area contributed by atoms with Crippen molar-refractivity contribution in [2.24, 2.45) is 0 Å². The van der Waals surface area contributed by atoms with Gasteiger partial charge in [0.05, 0.1) is 0 Å². The van der Waals surface area contributed by atoms with Gasteiger partial charge in [-0.05, 0) is 6.92 Å². The van der Waals surface area contributed by atoms with Crippen LogP contribution in [0.1, 0.15) is 6.92 Å². The molecular formula is C5H8NaO5S+. The van der Waals surface area contributed by atoms with Gasteiger partial charge in [-0.1, -0.05) is 6.58 Å². The van der Waals surface area contributed by atoms with E-state index in [0.29, 0.717) is 0 Å². The Bertz CT molecular complexity index is 257. The first-order chi connectivity index (χ1) is 4.88. The predicted molar refractivity (Wildman–Crippen MR) is 37.3 cm³/mol. The third kappa shape index (κ3) is 5.73. The monoisotopic (exact) mass is 203 g/mol. The van der Waals surface area contributed by atoms with Gasteiger partial charge in [0.1, 0.15) is 0 Å². The summed E-state index contributed by atoms with van der Waals surface area (Å²) < 4.78 is 32.9. The smallest absolute Gasteiger partial charge is 0.440 e. The van der Waals surface area contributed by atoms with E-state index in [1.54, 1.807) is 0 Å². The van der Waals surface area contributed by atoms with Gasteiger partial charge >= 0.3 is 45.6 Å². The van der Waals surface area contributed by atoms with Gasteiger partial charge in [-0.25, -0.2) is 4.79 Å². The second-order valence-corrected chi connectivity index (χ2v) is 3.42. The van der Waals surface area contributed by atoms with Crippen molar-refractivity contribution in [3.63, 3.8) is 0 Å². The molecule has 0 spiro atoms. The first-order valence-electron chi connectivity index (χ1n) is 2.67. The van der Waals surface area contributed by atoms with Crippen LogP contribution in [0.2, 0.25) is 0 Å². The van der Waals surface area contributed by atoms with Gasteiger partial charge in [-0.2, -0.15) is 8.42 Å². The van der Waals surface area contributed by atoms with Crippen molar-refractivity contribution in [1.82, 2.24) is 0 Å². The Morgan fingerprint density at radius 1 is 1.67 bits per heavy atom. The second kappa shape index (κ2) is 5.71. The van der Waals surface area contributed by atoms with Crippen molar-refractivity contribution >= 4 is 16.1 Å². The fraction of sp³-hybridized carbons (Fsp3) is 0.400. The summed E-state index contributed by atoms with van der Waals surface area (Å²) in [6.45, 7) is 4.08. The van der Waals surface area contributed by atoms with Gasteiger partial charge in [0.25, 0.3) is 0 Å². The van der Waals surface area contributed by atoms with Crippen molar-refractivity contribution in [1.29, 1.82) is 0 Å². The molecule has 1 unspecified atom stereocenters. The summed E-state index contributed by atoms with van der Waals surface area (Å²) in [6.07, 6.45) is 0.807. The molecule has 1 atom stereocenters. The van der Waals surface area contributed by atoms with E-state index in [9.17, 15) is 13.2 Å². The van der Waals surface area contributed by atoms with Crippen molar-refractivity contribution in [3.05, 3.63) is 12.7 Å². The van der Waals surface area contributed by atoms with Crippen LogP contribution in [0.5, 0.6) is 0 Å². The van der Waals surface area contributed by atoms with Crippen LogP contribution >= 0.6 is 0 Å². The summed E-state index contributed by atoms with van der Waals surface area (Å²) in [5.74, 6) is -0.893. The zero-order valence-electron chi connectivity index (χ0n) is 6.85. The summed E-state index contributed by atoms with van der Waals surface area (Å²) in [6, 6.07) is 0. The molecule has 0 aromatic heterocycles. The molecule has 0 fully saturated rings. The fourth-order valence-corrected chi connectivity index (χ4v) is 0.489. The largest absolute Gasteiger partial charge is 1.00 e. The van der Waals surface area contributed by atoms with Gasteiger partial charge in [-0.3, -0.25) is 4.55 Å². The van der Waals surface area contributed by atoms with Crippen LogP contribution in [0.3, 0.4) is 0 Å². The van der Waals surface area contributed by atoms with Crippen LogP contribution in [0.15, 0.2) is 12.7 Å². The summed E-state index contributed by atoms with van der Waals surface area (Å²) in [5.41, 5.74) is -1.55. The van der Waals surface area contributed by atoms with Crippen molar-refractivity contribution in [2.45, 2.75) is 12.4 Å².